The van der Waals surface area contributed by atoms with Gasteiger partial charge in [-0.05, 0) is 50.6 Å². The van der Waals surface area contributed by atoms with Gasteiger partial charge in [-0.2, -0.15) is 11.3 Å². The van der Waals surface area contributed by atoms with Crippen molar-refractivity contribution in [1.82, 2.24) is 5.43 Å². The third-order valence-corrected chi connectivity index (χ3v) is 4.72. The summed E-state index contributed by atoms with van der Waals surface area (Å²) in [4.78, 5) is 0. The maximum absolute atomic E-state index is 6.17. The largest absolute Gasteiger partial charge is 0.271 e. The normalized spacial score (nSPS) is 12.7. The van der Waals surface area contributed by atoms with Gasteiger partial charge in [0.2, 0.25) is 0 Å². The Balaban J connectivity index is 2.49. The molecule has 0 saturated heterocycles. The summed E-state index contributed by atoms with van der Waals surface area (Å²) in [6, 6.07) is 5.16. The van der Waals surface area contributed by atoms with Crippen LogP contribution in [-0.2, 0) is 0 Å². The predicted molar refractivity (Wildman–Crippen MR) is 77.6 cm³/mol. The first-order valence-corrected chi connectivity index (χ1v) is 7.25. The Morgan fingerprint density at radius 2 is 2.00 bits per heavy atom. The smallest absolute Gasteiger partial charge is 0.0744 e. The third kappa shape index (κ3) is 2.84. The quantitative estimate of drug-likeness (QED) is 0.636. The molecular formula is C11H9BrCl2N2S. The number of benzene rings is 1. The Bertz CT molecular complexity index is 530. The summed E-state index contributed by atoms with van der Waals surface area (Å²) in [5, 5.41) is 5.29. The maximum atomic E-state index is 6.17. The average molecular weight is 352 g/mol. The van der Waals surface area contributed by atoms with E-state index in [1.165, 1.54) is 0 Å². The molecule has 1 unspecified atom stereocenters. The van der Waals surface area contributed by atoms with Crippen LogP contribution in [0.2, 0.25) is 10.0 Å². The van der Waals surface area contributed by atoms with Crippen molar-refractivity contribution < 1.29 is 0 Å². The minimum absolute atomic E-state index is 0.179. The fraction of sp³-hybridized carbons (Fsp3) is 0.0909. The van der Waals surface area contributed by atoms with Crippen molar-refractivity contribution in [3.63, 3.8) is 0 Å². The Kier molecular flexibility index (Phi) is 4.47. The fourth-order valence-corrected chi connectivity index (χ4v) is 3.54. The highest BCUT2D eigenvalue weighted by molar-refractivity contribution is 9.10. The maximum Gasteiger partial charge on any atom is 0.0744 e. The first kappa shape index (κ1) is 13.3. The van der Waals surface area contributed by atoms with Crippen LogP contribution in [0.1, 0.15) is 17.2 Å². The minimum atomic E-state index is -0.179. The van der Waals surface area contributed by atoms with E-state index in [0.717, 1.165) is 15.6 Å². The molecule has 2 rings (SSSR count). The van der Waals surface area contributed by atoms with Gasteiger partial charge in [0.1, 0.15) is 0 Å². The lowest BCUT2D eigenvalue weighted by molar-refractivity contribution is 0.637. The molecule has 0 aliphatic carbocycles. The summed E-state index contributed by atoms with van der Waals surface area (Å²) in [6.45, 7) is 0. The van der Waals surface area contributed by atoms with Gasteiger partial charge in [0.05, 0.1) is 6.04 Å². The molecule has 0 aliphatic heterocycles. The molecule has 17 heavy (non-hydrogen) atoms. The van der Waals surface area contributed by atoms with Gasteiger partial charge < -0.3 is 0 Å². The Morgan fingerprint density at radius 1 is 1.24 bits per heavy atom. The average Bonchev–Trinajstić information content (AvgIpc) is 2.71. The fourth-order valence-electron chi connectivity index (χ4n) is 1.58. The van der Waals surface area contributed by atoms with Gasteiger partial charge in [0.15, 0.2) is 0 Å². The molecule has 3 N–H and O–H groups in total. The molecule has 2 aromatic rings. The molecule has 2 nitrogen and oxygen atoms in total. The van der Waals surface area contributed by atoms with Crippen LogP contribution in [0.4, 0.5) is 0 Å². The number of hydrogen-bond donors (Lipinski definition) is 2. The van der Waals surface area contributed by atoms with Gasteiger partial charge in [-0.3, -0.25) is 5.84 Å². The summed E-state index contributed by atoms with van der Waals surface area (Å²) in [6.07, 6.45) is 0. The molecule has 90 valence electrons. The molecule has 0 saturated carbocycles. The zero-order chi connectivity index (χ0) is 12.4. The molecule has 0 spiro atoms. The second-order valence-corrected chi connectivity index (χ2v) is 5.88. The van der Waals surface area contributed by atoms with E-state index < -0.39 is 0 Å². The van der Waals surface area contributed by atoms with Crippen LogP contribution in [0.3, 0.4) is 0 Å². The molecule has 1 atom stereocenters. The number of halogens is 3. The van der Waals surface area contributed by atoms with Crippen LogP contribution in [0.15, 0.2) is 33.4 Å². The number of nitrogens with two attached hydrogens (primary N) is 1. The van der Waals surface area contributed by atoms with Crippen LogP contribution in [0, 0.1) is 0 Å². The summed E-state index contributed by atoms with van der Waals surface area (Å²) in [7, 11) is 0. The van der Waals surface area contributed by atoms with Gasteiger partial charge >= 0.3 is 0 Å². The van der Waals surface area contributed by atoms with Crippen LogP contribution < -0.4 is 11.3 Å². The first-order valence-electron chi connectivity index (χ1n) is 4.76. The summed E-state index contributed by atoms with van der Waals surface area (Å²) >= 11 is 17.2. The van der Waals surface area contributed by atoms with Crippen LogP contribution >= 0.6 is 50.5 Å². The lowest BCUT2D eigenvalue weighted by Crippen LogP contribution is -2.29. The lowest BCUT2D eigenvalue weighted by atomic mass is 10.0. The molecule has 1 aromatic heterocycles. The van der Waals surface area contributed by atoms with Crippen molar-refractivity contribution >= 4 is 50.5 Å². The topological polar surface area (TPSA) is 38.0 Å². The van der Waals surface area contributed by atoms with Crippen LogP contribution in [0.25, 0.3) is 0 Å². The Labute approximate surface area is 122 Å². The number of nitrogens with one attached hydrogen (secondary N) is 1. The second kappa shape index (κ2) is 5.69. The molecule has 1 aromatic carbocycles. The first-order chi connectivity index (χ1) is 8.13. The van der Waals surface area contributed by atoms with Crippen LogP contribution in [-0.4, -0.2) is 0 Å². The van der Waals surface area contributed by atoms with Crippen molar-refractivity contribution in [1.29, 1.82) is 0 Å². The van der Waals surface area contributed by atoms with Gasteiger partial charge in [-0.15, -0.1) is 0 Å². The SMILES string of the molecule is NNC(c1cc(Cl)ccc1Cl)c1cscc1Br. The van der Waals surface area contributed by atoms with E-state index in [4.69, 9.17) is 29.0 Å². The highest BCUT2D eigenvalue weighted by atomic mass is 79.9. The van der Waals surface area contributed by atoms with Gasteiger partial charge in [-0.1, -0.05) is 23.2 Å². The third-order valence-electron chi connectivity index (χ3n) is 2.39. The summed E-state index contributed by atoms with van der Waals surface area (Å²) in [5.74, 6) is 5.62. The van der Waals surface area contributed by atoms with E-state index in [9.17, 15) is 0 Å². The monoisotopic (exact) mass is 350 g/mol. The minimum Gasteiger partial charge on any atom is -0.271 e. The molecule has 0 radical (unpaired) electrons. The van der Waals surface area contributed by atoms with Crippen molar-refractivity contribution in [2.45, 2.75) is 6.04 Å². The van der Waals surface area contributed by atoms with E-state index in [2.05, 4.69) is 21.4 Å². The number of thiophene rings is 1. The highest BCUT2D eigenvalue weighted by Gasteiger charge is 2.19. The Morgan fingerprint density at radius 3 is 2.59 bits per heavy atom. The standard InChI is InChI=1S/C11H9BrCl2N2S/c12-9-5-17-4-8(9)11(16-15)7-3-6(13)1-2-10(7)14/h1-5,11,16H,15H2. The van der Waals surface area contributed by atoms with E-state index in [1.54, 1.807) is 23.5 Å². The molecule has 0 amide bonds. The van der Waals surface area contributed by atoms with Crippen molar-refractivity contribution in [3.8, 4) is 0 Å². The molecule has 0 bridgehead atoms. The van der Waals surface area contributed by atoms with Crippen molar-refractivity contribution in [2.24, 2.45) is 5.84 Å². The van der Waals surface area contributed by atoms with E-state index in [-0.39, 0.29) is 6.04 Å². The second-order valence-electron chi connectivity index (χ2n) is 3.44. The molecular weight excluding hydrogens is 343 g/mol. The van der Waals surface area contributed by atoms with E-state index in [0.29, 0.717) is 10.0 Å². The van der Waals surface area contributed by atoms with Crippen molar-refractivity contribution in [2.75, 3.05) is 0 Å². The predicted octanol–water partition coefficient (Wildman–Crippen LogP) is 4.37. The van der Waals surface area contributed by atoms with Crippen LogP contribution in [0.5, 0.6) is 0 Å². The number of hydrogen-bond acceptors (Lipinski definition) is 3. The zero-order valence-electron chi connectivity index (χ0n) is 8.58. The molecule has 0 aliphatic rings. The van der Waals surface area contributed by atoms with Gasteiger partial charge in [-0.25, -0.2) is 5.43 Å². The van der Waals surface area contributed by atoms with E-state index >= 15 is 0 Å². The molecule has 6 heteroatoms. The van der Waals surface area contributed by atoms with E-state index in [1.807, 2.05) is 16.8 Å². The molecule has 0 fully saturated rings. The summed E-state index contributed by atoms with van der Waals surface area (Å²) in [5.41, 5.74) is 4.67. The summed E-state index contributed by atoms with van der Waals surface area (Å²) < 4.78 is 1.00. The van der Waals surface area contributed by atoms with Gasteiger partial charge in [0, 0.05) is 19.9 Å². The lowest BCUT2D eigenvalue weighted by Gasteiger charge is -2.17. The van der Waals surface area contributed by atoms with Gasteiger partial charge in [0.25, 0.3) is 0 Å². The Hall–Kier alpha value is -0.100. The van der Waals surface area contributed by atoms with Crippen molar-refractivity contribution in [3.05, 3.63) is 54.6 Å². The number of rotatable bonds is 3. The highest BCUT2D eigenvalue weighted by Crippen LogP contribution is 2.35. The zero-order valence-corrected chi connectivity index (χ0v) is 12.5. The molecule has 1 heterocycles. The number of hydrazine groups is 1.